The second-order valence-corrected chi connectivity index (χ2v) is 7.07. The van der Waals surface area contributed by atoms with E-state index in [2.05, 4.69) is 16.7 Å². The zero-order chi connectivity index (χ0) is 23.1. The first-order chi connectivity index (χ1) is 15.5. The van der Waals surface area contributed by atoms with Crippen molar-refractivity contribution in [3.8, 4) is 23.3 Å². The Morgan fingerprint density at radius 3 is 2.41 bits per heavy atom. The molecule has 1 saturated heterocycles. The van der Waals surface area contributed by atoms with Gasteiger partial charge in [0.1, 0.15) is 12.1 Å². The van der Waals surface area contributed by atoms with Crippen LogP contribution in [0, 0.1) is 11.3 Å². The summed E-state index contributed by atoms with van der Waals surface area (Å²) in [6, 6.07) is 10.8. The van der Waals surface area contributed by atoms with Crippen LogP contribution in [0.2, 0.25) is 0 Å². The van der Waals surface area contributed by atoms with E-state index in [0.717, 1.165) is 6.42 Å². The topological polar surface area (TPSA) is 119 Å². The van der Waals surface area contributed by atoms with Crippen molar-refractivity contribution in [1.82, 2.24) is 5.32 Å². The van der Waals surface area contributed by atoms with E-state index < -0.39 is 18.1 Å². The first kappa shape index (κ1) is 22.9. The Kier molecular flexibility index (Phi) is 7.52. The van der Waals surface area contributed by atoms with Gasteiger partial charge < -0.3 is 29.6 Å². The minimum Gasteiger partial charge on any atom is -0.493 e. The molecule has 168 valence electrons. The van der Waals surface area contributed by atoms with E-state index in [9.17, 15) is 14.9 Å². The third kappa shape index (κ3) is 5.10. The fourth-order valence-corrected chi connectivity index (χ4v) is 3.42. The fraction of sp³-hybridized carbons (Fsp3) is 0.348. The van der Waals surface area contributed by atoms with Gasteiger partial charge in [-0.05, 0) is 48.7 Å². The van der Waals surface area contributed by atoms with Crippen LogP contribution in [-0.2, 0) is 9.53 Å². The van der Waals surface area contributed by atoms with E-state index in [1.165, 1.54) is 21.3 Å². The van der Waals surface area contributed by atoms with Gasteiger partial charge in [-0.2, -0.15) is 5.26 Å². The molecule has 0 radical (unpaired) electrons. The molecule has 9 heteroatoms. The molecule has 2 unspecified atom stereocenters. The number of carbonyl (C=O) groups is 2. The molecule has 1 heterocycles. The van der Waals surface area contributed by atoms with E-state index in [-0.39, 0.29) is 5.91 Å². The number of nitrogens with one attached hydrogen (secondary N) is 2. The van der Waals surface area contributed by atoms with Gasteiger partial charge in [0.2, 0.25) is 5.75 Å². The Morgan fingerprint density at radius 1 is 1.12 bits per heavy atom. The monoisotopic (exact) mass is 439 g/mol. The summed E-state index contributed by atoms with van der Waals surface area (Å²) in [6.45, 7) is 0.566. The van der Waals surface area contributed by atoms with Crippen molar-refractivity contribution in [3.05, 3.63) is 47.5 Å². The molecule has 0 spiro atoms. The van der Waals surface area contributed by atoms with Crippen molar-refractivity contribution in [2.75, 3.05) is 33.3 Å². The SMILES string of the molecule is COc1cc(C(C#N)NC(=O)c2cccc(NC(=O)C3CCCO3)c2)cc(OC)c1OC. The highest BCUT2D eigenvalue weighted by molar-refractivity contribution is 5.98. The number of hydrogen-bond acceptors (Lipinski definition) is 7. The van der Waals surface area contributed by atoms with Gasteiger partial charge >= 0.3 is 0 Å². The number of nitriles is 1. The summed E-state index contributed by atoms with van der Waals surface area (Å²) < 4.78 is 21.3. The summed E-state index contributed by atoms with van der Waals surface area (Å²) >= 11 is 0. The lowest BCUT2D eigenvalue weighted by Gasteiger charge is -2.17. The third-order valence-corrected chi connectivity index (χ3v) is 5.04. The molecule has 0 saturated carbocycles. The smallest absolute Gasteiger partial charge is 0.253 e. The quantitative estimate of drug-likeness (QED) is 0.649. The van der Waals surface area contributed by atoms with Crippen molar-refractivity contribution in [2.24, 2.45) is 0 Å². The number of nitrogens with zero attached hydrogens (tertiary/aromatic N) is 1. The van der Waals surface area contributed by atoms with E-state index >= 15 is 0 Å². The molecule has 2 atom stereocenters. The van der Waals surface area contributed by atoms with Crippen molar-refractivity contribution < 1.29 is 28.5 Å². The molecule has 0 aromatic heterocycles. The molecule has 2 aromatic rings. The molecule has 0 bridgehead atoms. The van der Waals surface area contributed by atoms with Crippen LogP contribution in [0.4, 0.5) is 5.69 Å². The number of hydrogen-bond donors (Lipinski definition) is 2. The van der Waals surface area contributed by atoms with Gasteiger partial charge in [0, 0.05) is 17.9 Å². The van der Waals surface area contributed by atoms with Crippen LogP contribution in [-0.4, -0.2) is 45.9 Å². The summed E-state index contributed by atoms with van der Waals surface area (Å²) in [5, 5.41) is 15.1. The predicted molar refractivity (Wildman–Crippen MR) is 116 cm³/mol. The van der Waals surface area contributed by atoms with Crippen LogP contribution in [0.25, 0.3) is 0 Å². The highest BCUT2D eigenvalue weighted by Gasteiger charge is 2.24. The molecular weight excluding hydrogens is 414 g/mol. The Hall–Kier alpha value is -3.77. The molecular formula is C23H25N3O6. The lowest BCUT2D eigenvalue weighted by atomic mass is 10.1. The number of carbonyl (C=O) groups excluding carboxylic acids is 2. The highest BCUT2D eigenvalue weighted by atomic mass is 16.5. The Morgan fingerprint density at radius 2 is 1.84 bits per heavy atom. The van der Waals surface area contributed by atoms with Crippen molar-refractivity contribution in [2.45, 2.75) is 25.0 Å². The van der Waals surface area contributed by atoms with E-state index in [1.807, 2.05) is 0 Å². The standard InChI is InChI=1S/C23H25N3O6/c1-29-19-11-15(12-20(30-2)21(19)31-3)17(13-24)26-22(27)14-6-4-7-16(10-14)25-23(28)18-8-5-9-32-18/h4,6-7,10-12,17-18H,5,8-9H2,1-3H3,(H,25,28)(H,26,27). The van der Waals surface area contributed by atoms with Gasteiger partial charge in [-0.15, -0.1) is 0 Å². The molecule has 0 aliphatic carbocycles. The number of ether oxygens (including phenoxy) is 4. The maximum Gasteiger partial charge on any atom is 0.253 e. The summed E-state index contributed by atoms with van der Waals surface area (Å²) in [4.78, 5) is 25.1. The average molecular weight is 439 g/mol. The normalized spacial score (nSPS) is 15.9. The first-order valence-corrected chi connectivity index (χ1v) is 10.0. The van der Waals surface area contributed by atoms with Gasteiger partial charge in [0.25, 0.3) is 11.8 Å². The fourth-order valence-electron chi connectivity index (χ4n) is 3.42. The van der Waals surface area contributed by atoms with E-state index in [0.29, 0.717) is 47.1 Å². The van der Waals surface area contributed by atoms with Crippen molar-refractivity contribution in [3.63, 3.8) is 0 Å². The van der Waals surface area contributed by atoms with Crippen LogP contribution in [0.3, 0.4) is 0 Å². The molecule has 9 nitrogen and oxygen atoms in total. The van der Waals surface area contributed by atoms with Gasteiger partial charge in [0.15, 0.2) is 11.5 Å². The molecule has 32 heavy (non-hydrogen) atoms. The Balaban J connectivity index is 1.77. The summed E-state index contributed by atoms with van der Waals surface area (Å²) in [5.74, 6) is 0.410. The zero-order valence-electron chi connectivity index (χ0n) is 18.1. The first-order valence-electron chi connectivity index (χ1n) is 10.0. The van der Waals surface area contributed by atoms with Crippen molar-refractivity contribution >= 4 is 17.5 Å². The van der Waals surface area contributed by atoms with Gasteiger partial charge in [-0.1, -0.05) is 6.07 Å². The van der Waals surface area contributed by atoms with Crippen molar-refractivity contribution in [1.29, 1.82) is 5.26 Å². The van der Waals surface area contributed by atoms with E-state index in [1.54, 1.807) is 36.4 Å². The summed E-state index contributed by atoms with van der Waals surface area (Å²) in [7, 11) is 4.42. The van der Waals surface area contributed by atoms with Crippen LogP contribution in [0.1, 0.15) is 34.8 Å². The molecule has 1 aliphatic heterocycles. The maximum atomic E-state index is 12.8. The maximum absolute atomic E-state index is 12.8. The number of anilines is 1. The lowest BCUT2D eigenvalue weighted by Crippen LogP contribution is -2.28. The minimum atomic E-state index is -0.971. The number of methoxy groups -OCH3 is 3. The summed E-state index contributed by atoms with van der Waals surface area (Å²) in [5.41, 5.74) is 1.24. The predicted octanol–water partition coefficient (Wildman–Crippen LogP) is 2.82. The van der Waals surface area contributed by atoms with Gasteiger partial charge in [-0.3, -0.25) is 9.59 Å². The molecule has 2 aromatic carbocycles. The van der Waals surface area contributed by atoms with Gasteiger partial charge in [-0.25, -0.2) is 0 Å². The molecule has 3 rings (SSSR count). The van der Waals surface area contributed by atoms with Crippen LogP contribution in [0.5, 0.6) is 17.2 Å². The lowest BCUT2D eigenvalue weighted by molar-refractivity contribution is -0.124. The third-order valence-electron chi connectivity index (χ3n) is 5.04. The average Bonchev–Trinajstić information content (AvgIpc) is 3.36. The minimum absolute atomic E-state index is 0.243. The second-order valence-electron chi connectivity index (χ2n) is 7.07. The van der Waals surface area contributed by atoms with Crippen LogP contribution in [0.15, 0.2) is 36.4 Å². The number of benzene rings is 2. The molecule has 1 aliphatic rings. The molecule has 1 fully saturated rings. The molecule has 2 N–H and O–H groups in total. The largest absolute Gasteiger partial charge is 0.493 e. The number of rotatable bonds is 8. The van der Waals surface area contributed by atoms with Gasteiger partial charge in [0.05, 0.1) is 27.4 Å². The zero-order valence-corrected chi connectivity index (χ0v) is 18.1. The summed E-state index contributed by atoms with van der Waals surface area (Å²) in [6.07, 6.45) is 1.04. The second kappa shape index (κ2) is 10.5. The Labute approximate surface area is 186 Å². The van der Waals surface area contributed by atoms with E-state index in [4.69, 9.17) is 18.9 Å². The van der Waals surface area contributed by atoms with Crippen LogP contribution >= 0.6 is 0 Å². The number of amides is 2. The Bertz CT molecular complexity index is 1000. The van der Waals surface area contributed by atoms with Crippen LogP contribution < -0.4 is 24.8 Å². The highest BCUT2D eigenvalue weighted by Crippen LogP contribution is 2.39. The molecule has 2 amide bonds.